The molecule has 1 unspecified atom stereocenters. The zero-order valence-electron chi connectivity index (χ0n) is 16.3. The molecule has 4 aromatic rings. The monoisotopic (exact) mass is 404 g/mol. The van der Waals surface area contributed by atoms with Crippen LogP contribution in [0.4, 0.5) is 0 Å². The summed E-state index contributed by atoms with van der Waals surface area (Å²) >= 11 is 1.74. The molecule has 29 heavy (non-hydrogen) atoms. The maximum atomic E-state index is 12.8. The summed E-state index contributed by atoms with van der Waals surface area (Å²) in [6.45, 7) is 1.62. The van der Waals surface area contributed by atoms with E-state index in [-0.39, 0.29) is 5.91 Å². The van der Waals surface area contributed by atoms with Crippen molar-refractivity contribution in [1.29, 1.82) is 0 Å². The standard InChI is InChI=1S/C23H24N4OS/c28-22(13-5-12-21-24-19-10-3-4-11-20(19)29-21)27-14-6-7-16(15-27)23-25-17-8-1-2-9-18(17)26-23/h1-4,8-11,16H,5-7,12-15H2,(H,25,26). The van der Waals surface area contributed by atoms with Gasteiger partial charge in [0.05, 0.1) is 26.3 Å². The van der Waals surface area contributed by atoms with Crippen LogP contribution in [0.15, 0.2) is 48.5 Å². The number of para-hydroxylation sites is 3. The van der Waals surface area contributed by atoms with Crippen LogP contribution in [0.5, 0.6) is 0 Å². The number of benzene rings is 2. The normalized spacial score (nSPS) is 17.2. The second-order valence-corrected chi connectivity index (χ2v) is 8.86. The fourth-order valence-corrected chi connectivity index (χ4v) is 5.18. The molecular weight excluding hydrogens is 380 g/mol. The number of aromatic amines is 1. The van der Waals surface area contributed by atoms with Gasteiger partial charge in [0.25, 0.3) is 0 Å². The van der Waals surface area contributed by atoms with Crippen LogP contribution in [-0.2, 0) is 11.2 Å². The molecule has 2 aromatic carbocycles. The number of aryl methyl sites for hydroxylation is 1. The number of nitrogens with zero attached hydrogens (tertiary/aromatic N) is 3. The Kier molecular flexibility index (Phi) is 5.02. The number of H-pyrrole nitrogens is 1. The van der Waals surface area contributed by atoms with E-state index in [1.807, 2.05) is 41.3 Å². The van der Waals surface area contributed by atoms with Gasteiger partial charge in [0, 0.05) is 25.4 Å². The number of hydrogen-bond donors (Lipinski definition) is 1. The van der Waals surface area contributed by atoms with Gasteiger partial charge in [-0.15, -0.1) is 11.3 Å². The molecule has 0 aliphatic carbocycles. The maximum Gasteiger partial charge on any atom is 0.222 e. The molecule has 1 fully saturated rings. The lowest BCUT2D eigenvalue weighted by Gasteiger charge is -2.32. The van der Waals surface area contributed by atoms with E-state index < -0.39 is 0 Å². The molecule has 1 amide bonds. The van der Waals surface area contributed by atoms with E-state index in [1.54, 1.807) is 11.3 Å². The quantitative estimate of drug-likeness (QED) is 0.514. The molecule has 1 saturated heterocycles. The van der Waals surface area contributed by atoms with Crippen molar-refractivity contribution < 1.29 is 4.79 Å². The van der Waals surface area contributed by atoms with Gasteiger partial charge in [0.15, 0.2) is 0 Å². The minimum Gasteiger partial charge on any atom is -0.342 e. The van der Waals surface area contributed by atoms with Gasteiger partial charge in [-0.25, -0.2) is 9.97 Å². The van der Waals surface area contributed by atoms with Crippen molar-refractivity contribution in [3.8, 4) is 0 Å². The van der Waals surface area contributed by atoms with Gasteiger partial charge >= 0.3 is 0 Å². The highest BCUT2D eigenvalue weighted by Crippen LogP contribution is 2.27. The highest BCUT2D eigenvalue weighted by atomic mass is 32.1. The second kappa shape index (κ2) is 7.95. The lowest BCUT2D eigenvalue weighted by Crippen LogP contribution is -2.39. The number of hydrogen-bond acceptors (Lipinski definition) is 4. The topological polar surface area (TPSA) is 61.9 Å². The minimum absolute atomic E-state index is 0.256. The van der Waals surface area contributed by atoms with Gasteiger partial charge in [0.2, 0.25) is 5.91 Å². The fourth-order valence-electron chi connectivity index (χ4n) is 4.17. The summed E-state index contributed by atoms with van der Waals surface area (Å²) < 4.78 is 1.22. The third kappa shape index (κ3) is 3.90. The van der Waals surface area contributed by atoms with Crippen molar-refractivity contribution >= 4 is 38.5 Å². The zero-order valence-corrected chi connectivity index (χ0v) is 17.1. The highest BCUT2D eigenvalue weighted by molar-refractivity contribution is 7.18. The number of likely N-dealkylation sites (tertiary alicyclic amines) is 1. The molecule has 5 nitrogen and oxygen atoms in total. The van der Waals surface area contributed by atoms with Gasteiger partial charge in [0.1, 0.15) is 5.82 Å². The number of aromatic nitrogens is 3. The lowest BCUT2D eigenvalue weighted by atomic mass is 9.97. The lowest BCUT2D eigenvalue weighted by molar-refractivity contribution is -0.132. The van der Waals surface area contributed by atoms with Crippen LogP contribution in [0.1, 0.15) is 42.4 Å². The summed E-state index contributed by atoms with van der Waals surface area (Å²) in [5, 5.41) is 1.12. The Hall–Kier alpha value is -2.73. The molecule has 1 aliphatic heterocycles. The first-order valence-electron chi connectivity index (χ1n) is 10.3. The third-order valence-corrected chi connectivity index (χ3v) is 6.78. The predicted molar refractivity (Wildman–Crippen MR) is 117 cm³/mol. The molecule has 3 heterocycles. The van der Waals surface area contributed by atoms with Crippen LogP contribution in [-0.4, -0.2) is 38.8 Å². The van der Waals surface area contributed by atoms with E-state index in [2.05, 4.69) is 22.1 Å². The summed E-state index contributed by atoms with van der Waals surface area (Å²) in [6.07, 6.45) is 4.42. The number of nitrogens with one attached hydrogen (secondary N) is 1. The van der Waals surface area contributed by atoms with Crippen molar-refractivity contribution in [2.24, 2.45) is 0 Å². The first kappa shape index (κ1) is 18.3. The van der Waals surface area contributed by atoms with E-state index in [0.717, 1.165) is 66.2 Å². The number of amides is 1. The summed E-state index contributed by atoms with van der Waals surface area (Å²) in [6, 6.07) is 16.3. The molecule has 148 valence electrons. The number of imidazole rings is 1. The van der Waals surface area contributed by atoms with Crippen molar-refractivity contribution in [3.63, 3.8) is 0 Å². The van der Waals surface area contributed by atoms with Crippen molar-refractivity contribution in [2.75, 3.05) is 13.1 Å². The van der Waals surface area contributed by atoms with Gasteiger partial charge in [-0.05, 0) is 49.9 Å². The van der Waals surface area contributed by atoms with E-state index in [0.29, 0.717) is 12.3 Å². The zero-order chi connectivity index (χ0) is 19.6. The Bertz CT molecular complexity index is 1080. The minimum atomic E-state index is 0.256. The molecular formula is C23H24N4OS. The molecule has 6 heteroatoms. The second-order valence-electron chi connectivity index (χ2n) is 7.75. The SMILES string of the molecule is O=C(CCCc1nc2ccccc2s1)N1CCCC(c2nc3ccccc3[nH]2)C1. The summed E-state index contributed by atoms with van der Waals surface area (Å²) in [5.41, 5.74) is 3.13. The number of rotatable bonds is 5. The molecule has 5 rings (SSSR count). The first-order chi connectivity index (χ1) is 14.3. The summed E-state index contributed by atoms with van der Waals surface area (Å²) in [7, 11) is 0. The van der Waals surface area contributed by atoms with Gasteiger partial charge in [-0.3, -0.25) is 4.79 Å². The van der Waals surface area contributed by atoms with Crippen molar-refractivity contribution in [1.82, 2.24) is 19.9 Å². The Morgan fingerprint density at radius 2 is 1.93 bits per heavy atom. The Morgan fingerprint density at radius 1 is 1.10 bits per heavy atom. The maximum absolute atomic E-state index is 12.8. The summed E-state index contributed by atoms with van der Waals surface area (Å²) in [5.74, 6) is 1.56. The molecule has 0 bridgehead atoms. The van der Waals surface area contributed by atoms with Gasteiger partial charge < -0.3 is 9.88 Å². The van der Waals surface area contributed by atoms with Crippen LogP contribution in [0.3, 0.4) is 0 Å². The largest absolute Gasteiger partial charge is 0.342 e. The number of thiazole rings is 1. The van der Waals surface area contributed by atoms with Crippen LogP contribution >= 0.6 is 11.3 Å². The summed E-state index contributed by atoms with van der Waals surface area (Å²) in [4.78, 5) is 27.7. The van der Waals surface area contributed by atoms with Gasteiger partial charge in [-0.1, -0.05) is 24.3 Å². The van der Waals surface area contributed by atoms with Crippen LogP contribution < -0.4 is 0 Å². The van der Waals surface area contributed by atoms with Crippen LogP contribution in [0, 0.1) is 0 Å². The van der Waals surface area contributed by atoms with Crippen molar-refractivity contribution in [3.05, 3.63) is 59.4 Å². The van der Waals surface area contributed by atoms with Crippen LogP contribution in [0.2, 0.25) is 0 Å². The van der Waals surface area contributed by atoms with E-state index in [1.165, 1.54) is 4.70 Å². The molecule has 1 N–H and O–H groups in total. The molecule has 0 saturated carbocycles. The Labute approximate surface area is 173 Å². The number of carbonyl (C=O) groups is 1. The third-order valence-electron chi connectivity index (χ3n) is 5.69. The predicted octanol–water partition coefficient (Wildman–Crippen LogP) is 4.90. The molecule has 0 spiro atoms. The molecule has 1 atom stereocenters. The van der Waals surface area contributed by atoms with E-state index >= 15 is 0 Å². The Morgan fingerprint density at radius 3 is 2.79 bits per heavy atom. The molecule has 0 radical (unpaired) electrons. The molecule has 1 aliphatic rings. The number of fused-ring (bicyclic) bond motifs is 2. The van der Waals surface area contributed by atoms with E-state index in [4.69, 9.17) is 4.98 Å². The van der Waals surface area contributed by atoms with Crippen LogP contribution in [0.25, 0.3) is 21.3 Å². The molecule has 2 aromatic heterocycles. The smallest absolute Gasteiger partial charge is 0.222 e. The van der Waals surface area contributed by atoms with Gasteiger partial charge in [-0.2, -0.15) is 0 Å². The highest BCUT2D eigenvalue weighted by Gasteiger charge is 2.26. The fraction of sp³-hybridized carbons (Fsp3) is 0.348. The average molecular weight is 405 g/mol. The first-order valence-corrected chi connectivity index (χ1v) is 11.1. The van der Waals surface area contributed by atoms with E-state index in [9.17, 15) is 4.79 Å². The Balaban J connectivity index is 1.18. The average Bonchev–Trinajstić information content (AvgIpc) is 3.37. The number of carbonyl (C=O) groups excluding carboxylic acids is 1. The number of piperidine rings is 1. The van der Waals surface area contributed by atoms with Crippen molar-refractivity contribution in [2.45, 2.75) is 38.0 Å².